The predicted molar refractivity (Wildman–Crippen MR) is 104 cm³/mol. The van der Waals surface area contributed by atoms with Crippen LogP contribution in [0, 0.1) is 13.8 Å². The van der Waals surface area contributed by atoms with Crippen LogP contribution in [0.1, 0.15) is 31.8 Å². The number of hydrogen-bond donors (Lipinski definition) is 0. The average molecular weight is 381 g/mol. The second kappa shape index (κ2) is 8.06. The van der Waals surface area contributed by atoms with E-state index in [0.717, 1.165) is 11.1 Å². The van der Waals surface area contributed by atoms with Gasteiger partial charge in [-0.05, 0) is 73.5 Å². The quantitative estimate of drug-likeness (QED) is 0.449. The van der Waals surface area contributed by atoms with Crippen LogP contribution in [0.5, 0.6) is 11.5 Å². The van der Waals surface area contributed by atoms with Gasteiger partial charge in [-0.1, -0.05) is 29.8 Å². The zero-order chi connectivity index (χ0) is 19.4. The maximum absolute atomic E-state index is 12.6. The molecule has 0 aromatic heterocycles. The SMILES string of the molecule is Cc1cc(C)cc(OC(=O)c2ccccc2C(=O)Oc2ccc(Cl)cc2)c1. The molecule has 0 saturated heterocycles. The molecule has 0 fully saturated rings. The molecule has 0 radical (unpaired) electrons. The number of halogens is 1. The Bertz CT molecular complexity index is 973. The number of aryl methyl sites for hydroxylation is 2. The maximum atomic E-state index is 12.6. The van der Waals surface area contributed by atoms with Crippen molar-refractivity contribution >= 4 is 23.5 Å². The third-order valence-corrected chi connectivity index (χ3v) is 4.05. The van der Waals surface area contributed by atoms with Crippen LogP contribution in [-0.2, 0) is 0 Å². The second-order valence-corrected chi connectivity index (χ2v) is 6.54. The molecule has 5 heteroatoms. The summed E-state index contributed by atoms with van der Waals surface area (Å²) in [5, 5.41) is 0.534. The van der Waals surface area contributed by atoms with Crippen molar-refractivity contribution in [2.45, 2.75) is 13.8 Å². The van der Waals surface area contributed by atoms with Crippen molar-refractivity contribution in [2.24, 2.45) is 0 Å². The summed E-state index contributed by atoms with van der Waals surface area (Å²) in [6.45, 7) is 3.84. The highest BCUT2D eigenvalue weighted by Crippen LogP contribution is 2.21. The normalized spacial score (nSPS) is 10.3. The molecular formula is C22H17ClO4. The number of benzene rings is 3. The number of hydrogen-bond acceptors (Lipinski definition) is 4. The number of ether oxygens (including phenoxy) is 2. The zero-order valence-corrected chi connectivity index (χ0v) is 15.6. The zero-order valence-electron chi connectivity index (χ0n) is 14.9. The smallest absolute Gasteiger partial charge is 0.344 e. The van der Waals surface area contributed by atoms with Gasteiger partial charge in [0.1, 0.15) is 11.5 Å². The van der Waals surface area contributed by atoms with E-state index >= 15 is 0 Å². The number of carbonyl (C=O) groups excluding carboxylic acids is 2. The molecule has 3 rings (SSSR count). The van der Waals surface area contributed by atoms with Gasteiger partial charge in [-0.2, -0.15) is 0 Å². The van der Waals surface area contributed by atoms with Gasteiger partial charge in [0.2, 0.25) is 0 Å². The van der Waals surface area contributed by atoms with Crippen molar-refractivity contribution < 1.29 is 19.1 Å². The topological polar surface area (TPSA) is 52.6 Å². The average Bonchev–Trinajstić information content (AvgIpc) is 2.62. The maximum Gasteiger partial charge on any atom is 0.344 e. The molecule has 3 aromatic carbocycles. The van der Waals surface area contributed by atoms with Crippen molar-refractivity contribution in [3.63, 3.8) is 0 Å². The number of rotatable bonds is 4. The molecule has 136 valence electrons. The molecule has 3 aromatic rings. The lowest BCUT2D eigenvalue weighted by Crippen LogP contribution is -2.17. The third-order valence-electron chi connectivity index (χ3n) is 3.80. The summed E-state index contributed by atoms with van der Waals surface area (Å²) >= 11 is 5.83. The monoisotopic (exact) mass is 380 g/mol. The van der Waals surface area contributed by atoms with Crippen LogP contribution in [0.4, 0.5) is 0 Å². The Hall–Kier alpha value is -3.11. The molecule has 0 aliphatic carbocycles. The highest BCUT2D eigenvalue weighted by molar-refractivity contribution is 6.30. The standard InChI is InChI=1S/C22H17ClO4/c1-14-11-15(2)13-18(12-14)27-22(25)20-6-4-3-5-19(20)21(24)26-17-9-7-16(23)8-10-17/h3-13H,1-2H3. The lowest BCUT2D eigenvalue weighted by atomic mass is 10.1. The van der Waals surface area contributed by atoms with Crippen molar-refractivity contribution in [3.05, 3.63) is 94.0 Å². The Balaban J connectivity index is 1.83. The lowest BCUT2D eigenvalue weighted by Gasteiger charge is -2.10. The molecule has 0 atom stereocenters. The van der Waals surface area contributed by atoms with E-state index < -0.39 is 11.9 Å². The summed E-state index contributed by atoms with van der Waals surface area (Å²) < 4.78 is 10.8. The van der Waals surface area contributed by atoms with E-state index in [1.54, 1.807) is 48.5 Å². The molecule has 0 aliphatic rings. The summed E-state index contributed by atoms with van der Waals surface area (Å²) in [7, 11) is 0. The summed E-state index contributed by atoms with van der Waals surface area (Å²) in [6.07, 6.45) is 0. The Morgan fingerprint density at radius 2 is 1.19 bits per heavy atom. The van der Waals surface area contributed by atoms with E-state index in [-0.39, 0.29) is 11.1 Å². The van der Waals surface area contributed by atoms with Gasteiger partial charge in [-0.25, -0.2) is 9.59 Å². The van der Waals surface area contributed by atoms with Gasteiger partial charge in [0.25, 0.3) is 0 Å². The first-order valence-corrected chi connectivity index (χ1v) is 8.67. The Labute approximate surface area is 162 Å². The first-order chi connectivity index (χ1) is 12.9. The van der Waals surface area contributed by atoms with Gasteiger partial charge >= 0.3 is 11.9 Å². The fraction of sp³-hybridized carbons (Fsp3) is 0.0909. The first-order valence-electron chi connectivity index (χ1n) is 8.29. The van der Waals surface area contributed by atoms with E-state index in [0.29, 0.717) is 16.5 Å². The highest BCUT2D eigenvalue weighted by atomic mass is 35.5. The van der Waals surface area contributed by atoms with Crippen LogP contribution >= 0.6 is 11.6 Å². The van der Waals surface area contributed by atoms with E-state index in [2.05, 4.69) is 0 Å². The third kappa shape index (κ3) is 4.74. The van der Waals surface area contributed by atoms with Crippen molar-refractivity contribution in [1.82, 2.24) is 0 Å². The minimum absolute atomic E-state index is 0.127. The fourth-order valence-corrected chi connectivity index (χ4v) is 2.78. The molecule has 27 heavy (non-hydrogen) atoms. The molecule has 0 heterocycles. The van der Waals surface area contributed by atoms with Crippen LogP contribution in [-0.4, -0.2) is 11.9 Å². The summed E-state index contributed by atoms with van der Waals surface area (Å²) in [5.74, 6) is -0.505. The van der Waals surface area contributed by atoms with Crippen LogP contribution in [0.25, 0.3) is 0 Å². The largest absolute Gasteiger partial charge is 0.423 e. The van der Waals surface area contributed by atoms with E-state index in [9.17, 15) is 9.59 Å². The molecule has 0 spiro atoms. The number of esters is 2. The molecule has 0 bridgehead atoms. The van der Waals surface area contributed by atoms with Crippen molar-refractivity contribution in [1.29, 1.82) is 0 Å². The predicted octanol–water partition coefficient (Wildman–Crippen LogP) is 5.40. The molecular weight excluding hydrogens is 364 g/mol. The van der Waals surface area contributed by atoms with E-state index in [1.807, 2.05) is 19.9 Å². The molecule has 0 saturated carbocycles. The molecule has 4 nitrogen and oxygen atoms in total. The van der Waals surface area contributed by atoms with Crippen molar-refractivity contribution in [2.75, 3.05) is 0 Å². The minimum atomic E-state index is -0.648. The Kier molecular flexibility index (Phi) is 5.57. The van der Waals surface area contributed by atoms with E-state index in [4.69, 9.17) is 21.1 Å². The number of carbonyl (C=O) groups is 2. The van der Waals surface area contributed by atoms with Crippen LogP contribution in [0.15, 0.2) is 66.7 Å². The van der Waals surface area contributed by atoms with Gasteiger partial charge in [-0.15, -0.1) is 0 Å². The van der Waals surface area contributed by atoms with E-state index in [1.165, 1.54) is 12.1 Å². The van der Waals surface area contributed by atoms with Gasteiger partial charge in [0.15, 0.2) is 0 Å². The molecule has 0 N–H and O–H groups in total. The fourth-order valence-electron chi connectivity index (χ4n) is 2.66. The minimum Gasteiger partial charge on any atom is -0.423 e. The van der Waals surface area contributed by atoms with Gasteiger partial charge < -0.3 is 9.47 Å². The first kappa shape index (κ1) is 18.7. The highest BCUT2D eigenvalue weighted by Gasteiger charge is 2.20. The van der Waals surface area contributed by atoms with Crippen molar-refractivity contribution in [3.8, 4) is 11.5 Å². The van der Waals surface area contributed by atoms with Gasteiger partial charge in [0, 0.05) is 5.02 Å². The Morgan fingerprint density at radius 3 is 1.70 bits per heavy atom. The summed E-state index contributed by atoms with van der Waals surface area (Å²) in [6, 6.07) is 18.3. The molecule has 0 amide bonds. The summed E-state index contributed by atoms with van der Waals surface area (Å²) in [4.78, 5) is 25.1. The lowest BCUT2D eigenvalue weighted by molar-refractivity contribution is 0.0692. The van der Waals surface area contributed by atoms with Crippen LogP contribution < -0.4 is 9.47 Å². The molecule has 0 unspecified atom stereocenters. The molecule has 0 aliphatic heterocycles. The van der Waals surface area contributed by atoms with Gasteiger partial charge in [-0.3, -0.25) is 0 Å². The summed E-state index contributed by atoms with van der Waals surface area (Å²) in [5.41, 5.74) is 2.22. The van der Waals surface area contributed by atoms with Crippen LogP contribution in [0.3, 0.4) is 0 Å². The second-order valence-electron chi connectivity index (χ2n) is 6.10. The Morgan fingerprint density at radius 1 is 0.704 bits per heavy atom. The van der Waals surface area contributed by atoms with Crippen LogP contribution in [0.2, 0.25) is 5.02 Å². The van der Waals surface area contributed by atoms with Gasteiger partial charge in [0.05, 0.1) is 11.1 Å².